The van der Waals surface area contributed by atoms with Crippen molar-refractivity contribution >= 4 is 35.0 Å². The zero-order valence-electron chi connectivity index (χ0n) is 12.2. The zero-order chi connectivity index (χ0) is 15.2. The molecule has 0 saturated carbocycles. The van der Waals surface area contributed by atoms with E-state index in [-0.39, 0.29) is 0 Å². The molecular formula is C17H19Cl2NS. The number of hydrogen-bond acceptors (Lipinski definition) is 2. The van der Waals surface area contributed by atoms with Crippen molar-refractivity contribution in [2.24, 2.45) is 0 Å². The summed E-state index contributed by atoms with van der Waals surface area (Å²) in [6, 6.07) is 14.4. The molecule has 0 fully saturated rings. The van der Waals surface area contributed by atoms with Crippen molar-refractivity contribution in [1.82, 2.24) is 5.32 Å². The highest BCUT2D eigenvalue weighted by molar-refractivity contribution is 7.98. The highest BCUT2D eigenvalue weighted by Gasteiger charge is 2.09. The molecule has 112 valence electrons. The maximum absolute atomic E-state index is 6.37. The van der Waals surface area contributed by atoms with E-state index in [9.17, 15) is 0 Å². The molecule has 0 radical (unpaired) electrons. The number of hydrogen-bond donors (Lipinski definition) is 1. The van der Waals surface area contributed by atoms with Crippen molar-refractivity contribution in [3.05, 3.63) is 63.6 Å². The van der Waals surface area contributed by atoms with E-state index in [1.807, 2.05) is 30.3 Å². The van der Waals surface area contributed by atoms with Crippen LogP contribution in [0.3, 0.4) is 0 Å². The van der Waals surface area contributed by atoms with Gasteiger partial charge >= 0.3 is 0 Å². The highest BCUT2D eigenvalue weighted by Crippen LogP contribution is 2.34. The van der Waals surface area contributed by atoms with E-state index >= 15 is 0 Å². The summed E-state index contributed by atoms with van der Waals surface area (Å²) in [6.07, 6.45) is 0. The minimum absolute atomic E-state index is 0.449. The van der Waals surface area contributed by atoms with E-state index in [0.717, 1.165) is 32.8 Å². The summed E-state index contributed by atoms with van der Waals surface area (Å²) in [5, 5.41) is 5.05. The van der Waals surface area contributed by atoms with E-state index in [2.05, 4.69) is 31.3 Å². The van der Waals surface area contributed by atoms with Gasteiger partial charge in [0.2, 0.25) is 0 Å². The van der Waals surface area contributed by atoms with Crippen molar-refractivity contribution in [1.29, 1.82) is 0 Å². The van der Waals surface area contributed by atoms with Crippen LogP contribution in [0.1, 0.15) is 25.0 Å². The van der Waals surface area contributed by atoms with Gasteiger partial charge in [0.1, 0.15) is 0 Å². The maximum atomic E-state index is 6.37. The predicted molar refractivity (Wildman–Crippen MR) is 94.4 cm³/mol. The van der Waals surface area contributed by atoms with Gasteiger partial charge in [0.15, 0.2) is 0 Å². The van der Waals surface area contributed by atoms with Crippen LogP contribution in [0.5, 0.6) is 0 Å². The largest absolute Gasteiger partial charge is 0.310 e. The lowest BCUT2D eigenvalue weighted by Crippen LogP contribution is -2.22. The molecule has 2 aromatic carbocycles. The van der Waals surface area contributed by atoms with Gasteiger partial charge < -0.3 is 5.32 Å². The van der Waals surface area contributed by atoms with Crippen molar-refractivity contribution in [3.8, 4) is 0 Å². The first-order valence-electron chi connectivity index (χ1n) is 6.95. The number of benzene rings is 2. The van der Waals surface area contributed by atoms with Crippen molar-refractivity contribution in [2.75, 3.05) is 0 Å². The van der Waals surface area contributed by atoms with E-state index in [1.54, 1.807) is 11.8 Å². The van der Waals surface area contributed by atoms with E-state index in [0.29, 0.717) is 6.04 Å². The average molecular weight is 340 g/mol. The molecule has 1 N–H and O–H groups in total. The lowest BCUT2D eigenvalue weighted by atomic mass is 10.2. The van der Waals surface area contributed by atoms with E-state index in [4.69, 9.17) is 23.2 Å². The van der Waals surface area contributed by atoms with Gasteiger partial charge in [-0.2, -0.15) is 0 Å². The smallest absolute Gasteiger partial charge is 0.0545 e. The molecule has 0 atom stereocenters. The van der Waals surface area contributed by atoms with E-state index < -0.39 is 0 Å². The van der Waals surface area contributed by atoms with Crippen molar-refractivity contribution < 1.29 is 0 Å². The molecule has 0 aromatic heterocycles. The second kappa shape index (κ2) is 8.09. The number of halogens is 2. The molecule has 0 aliphatic heterocycles. The van der Waals surface area contributed by atoms with Crippen LogP contribution in [-0.4, -0.2) is 6.04 Å². The summed E-state index contributed by atoms with van der Waals surface area (Å²) in [5.74, 6) is 0.818. The summed E-state index contributed by atoms with van der Waals surface area (Å²) in [7, 11) is 0. The Morgan fingerprint density at radius 3 is 2.33 bits per heavy atom. The van der Waals surface area contributed by atoms with Gasteiger partial charge in [0.05, 0.1) is 5.02 Å². The van der Waals surface area contributed by atoms with Gasteiger partial charge in [0.25, 0.3) is 0 Å². The van der Waals surface area contributed by atoms with Crippen molar-refractivity contribution in [2.45, 2.75) is 37.1 Å². The molecule has 1 nitrogen and oxygen atoms in total. The van der Waals surface area contributed by atoms with Gasteiger partial charge in [-0.05, 0) is 23.3 Å². The van der Waals surface area contributed by atoms with Gasteiger partial charge in [-0.1, -0.05) is 67.4 Å². The Bertz CT molecular complexity index is 599. The topological polar surface area (TPSA) is 12.0 Å². The van der Waals surface area contributed by atoms with E-state index in [1.165, 1.54) is 5.56 Å². The SMILES string of the molecule is CC(C)NCc1cccc(Cl)c1SCc1ccccc1Cl. The lowest BCUT2D eigenvalue weighted by Gasteiger charge is -2.14. The first kappa shape index (κ1) is 16.7. The molecule has 0 unspecified atom stereocenters. The Balaban J connectivity index is 2.13. The maximum Gasteiger partial charge on any atom is 0.0545 e. The van der Waals surface area contributed by atoms with Crippen LogP contribution in [0, 0.1) is 0 Å². The van der Waals surface area contributed by atoms with Crippen LogP contribution in [0.2, 0.25) is 10.0 Å². The molecule has 0 bridgehead atoms. The molecule has 0 aliphatic carbocycles. The van der Waals surface area contributed by atoms with Gasteiger partial charge in [-0.15, -0.1) is 11.8 Å². The highest BCUT2D eigenvalue weighted by atomic mass is 35.5. The van der Waals surface area contributed by atoms with Gasteiger partial charge in [-0.3, -0.25) is 0 Å². The fraction of sp³-hybridized carbons (Fsp3) is 0.294. The standard InChI is InChI=1S/C17H19Cl2NS/c1-12(2)20-10-13-7-5-9-16(19)17(13)21-11-14-6-3-4-8-15(14)18/h3-9,12,20H,10-11H2,1-2H3. The third-order valence-corrected chi connectivity index (χ3v) is 5.10. The quantitative estimate of drug-likeness (QED) is 0.669. The van der Waals surface area contributed by atoms with Crippen LogP contribution in [-0.2, 0) is 12.3 Å². The second-order valence-electron chi connectivity index (χ2n) is 5.14. The molecule has 0 saturated heterocycles. The summed E-state index contributed by atoms with van der Waals surface area (Å²) >= 11 is 14.3. The summed E-state index contributed by atoms with van der Waals surface area (Å²) in [5.41, 5.74) is 2.36. The summed E-state index contributed by atoms with van der Waals surface area (Å²) < 4.78 is 0. The molecule has 2 aromatic rings. The normalized spacial score (nSPS) is 11.1. The van der Waals surface area contributed by atoms with Crippen molar-refractivity contribution in [3.63, 3.8) is 0 Å². The minimum Gasteiger partial charge on any atom is -0.310 e. The lowest BCUT2D eigenvalue weighted by molar-refractivity contribution is 0.585. The fourth-order valence-electron chi connectivity index (χ4n) is 1.93. The van der Waals surface area contributed by atoms with Crippen LogP contribution >= 0.6 is 35.0 Å². The Morgan fingerprint density at radius 1 is 0.952 bits per heavy atom. The Morgan fingerprint density at radius 2 is 1.62 bits per heavy atom. The van der Waals surface area contributed by atoms with Crippen LogP contribution in [0.25, 0.3) is 0 Å². The molecule has 0 amide bonds. The third-order valence-electron chi connectivity index (χ3n) is 3.08. The second-order valence-corrected chi connectivity index (χ2v) is 6.94. The minimum atomic E-state index is 0.449. The molecule has 0 spiro atoms. The molecule has 21 heavy (non-hydrogen) atoms. The Kier molecular flexibility index (Phi) is 6.43. The first-order valence-corrected chi connectivity index (χ1v) is 8.69. The Labute approximate surface area is 141 Å². The number of thioether (sulfide) groups is 1. The fourth-order valence-corrected chi connectivity index (χ4v) is 3.66. The number of nitrogens with one attached hydrogen (secondary N) is 1. The molecule has 0 heterocycles. The Hall–Kier alpha value is -0.670. The molecule has 0 aliphatic rings. The monoisotopic (exact) mass is 339 g/mol. The van der Waals surface area contributed by atoms with Crippen LogP contribution < -0.4 is 5.32 Å². The summed E-state index contributed by atoms with van der Waals surface area (Å²) in [4.78, 5) is 1.13. The van der Waals surface area contributed by atoms with Gasteiger partial charge in [0, 0.05) is 28.3 Å². The summed E-state index contributed by atoms with van der Waals surface area (Å²) in [6.45, 7) is 5.10. The van der Waals surface area contributed by atoms with Crippen LogP contribution in [0.4, 0.5) is 0 Å². The first-order chi connectivity index (χ1) is 10.1. The molecular weight excluding hydrogens is 321 g/mol. The average Bonchev–Trinajstić information content (AvgIpc) is 2.45. The molecule has 4 heteroatoms. The third kappa shape index (κ3) is 4.93. The zero-order valence-corrected chi connectivity index (χ0v) is 14.5. The predicted octanol–water partition coefficient (Wildman–Crippen LogP) is 5.78. The number of rotatable bonds is 6. The van der Waals surface area contributed by atoms with Gasteiger partial charge in [-0.25, -0.2) is 0 Å². The van der Waals surface area contributed by atoms with Crippen LogP contribution in [0.15, 0.2) is 47.4 Å². The molecule has 2 rings (SSSR count).